The quantitative estimate of drug-likeness (QED) is 0.778. The lowest BCUT2D eigenvalue weighted by atomic mass is 10.1. The summed E-state index contributed by atoms with van der Waals surface area (Å²) < 4.78 is 0.638. The van der Waals surface area contributed by atoms with Gasteiger partial charge in [-0.1, -0.05) is 18.5 Å². The number of hydrogen-bond donors (Lipinski definition) is 1. The summed E-state index contributed by atoms with van der Waals surface area (Å²) in [5.74, 6) is 0.0988. The molecule has 3 nitrogen and oxygen atoms in total. The average Bonchev–Trinajstić information content (AvgIpc) is 2.75. The van der Waals surface area contributed by atoms with E-state index in [0.717, 1.165) is 13.1 Å². The summed E-state index contributed by atoms with van der Waals surface area (Å²) in [6.45, 7) is 5.60. The number of nitrogens with zero attached hydrogens (tertiary/aromatic N) is 1. The monoisotopic (exact) mass is 275 g/mol. The Hall–Kier alpha value is -0.420. The summed E-state index contributed by atoms with van der Waals surface area (Å²) in [6, 6.07) is 3.35. The van der Waals surface area contributed by atoms with Crippen LogP contribution in [0.15, 0.2) is 12.1 Å². The number of carbonyl (C=O) groups excluding carboxylic acids is 1. The van der Waals surface area contributed by atoms with Crippen molar-refractivity contribution in [3.05, 3.63) is 21.3 Å². The number of Topliss-reactive ketones (excluding diaryl/α,β-unsaturated/α-hetero) is 1. The molecule has 96 valence electrons. The van der Waals surface area contributed by atoms with Crippen LogP contribution in [0.25, 0.3) is 0 Å². The number of ketones is 1. The molecule has 5 heteroatoms. The molecule has 0 fully saturated rings. The highest BCUT2D eigenvalue weighted by Crippen LogP contribution is 2.23. The lowest BCUT2D eigenvalue weighted by Gasteiger charge is -2.26. The van der Waals surface area contributed by atoms with Gasteiger partial charge in [0, 0.05) is 13.2 Å². The normalized spacial score (nSPS) is 13.0. The molecule has 1 aromatic rings. The second kappa shape index (κ2) is 7.11. The SMILES string of the molecule is CCN(CCCO)C(C)C(=O)c1ccc(Cl)s1. The molecule has 0 saturated carbocycles. The predicted octanol–water partition coefficient (Wildman–Crippen LogP) is 2.68. The molecule has 1 rings (SSSR count). The standard InChI is InChI=1S/C12H18ClNO2S/c1-3-14(7-4-8-15)9(2)12(16)10-5-6-11(13)17-10/h5-6,9,15H,3-4,7-8H2,1-2H3. The minimum absolute atomic E-state index is 0.0988. The van der Waals surface area contributed by atoms with Crippen LogP contribution in [0.5, 0.6) is 0 Å². The number of thiophene rings is 1. The smallest absolute Gasteiger partial charge is 0.189 e. The minimum atomic E-state index is -0.165. The van der Waals surface area contributed by atoms with E-state index in [0.29, 0.717) is 15.6 Å². The molecular formula is C12H18ClNO2S. The lowest BCUT2D eigenvalue weighted by molar-refractivity contribution is 0.0839. The van der Waals surface area contributed by atoms with Crippen LogP contribution >= 0.6 is 22.9 Å². The van der Waals surface area contributed by atoms with Crippen LogP contribution in [0.3, 0.4) is 0 Å². The van der Waals surface area contributed by atoms with E-state index in [2.05, 4.69) is 4.90 Å². The van der Waals surface area contributed by atoms with Crippen molar-refractivity contribution < 1.29 is 9.90 Å². The van der Waals surface area contributed by atoms with E-state index in [-0.39, 0.29) is 18.4 Å². The summed E-state index contributed by atoms with van der Waals surface area (Å²) in [7, 11) is 0. The Morgan fingerprint density at radius 3 is 2.76 bits per heavy atom. The molecule has 0 bridgehead atoms. The van der Waals surface area contributed by atoms with Crippen molar-refractivity contribution in [1.82, 2.24) is 4.90 Å². The molecule has 0 aliphatic heterocycles. The van der Waals surface area contributed by atoms with Gasteiger partial charge in [0.05, 0.1) is 15.3 Å². The van der Waals surface area contributed by atoms with Gasteiger partial charge < -0.3 is 5.11 Å². The van der Waals surface area contributed by atoms with Gasteiger partial charge >= 0.3 is 0 Å². The van der Waals surface area contributed by atoms with Crippen LogP contribution in [0.2, 0.25) is 4.34 Å². The maximum atomic E-state index is 12.2. The zero-order valence-electron chi connectivity index (χ0n) is 10.1. The molecule has 0 aliphatic carbocycles. The van der Waals surface area contributed by atoms with Crippen molar-refractivity contribution in [2.24, 2.45) is 0 Å². The van der Waals surface area contributed by atoms with Gasteiger partial charge in [0.1, 0.15) is 0 Å². The molecule has 0 amide bonds. The molecule has 0 radical (unpaired) electrons. The molecule has 1 aromatic heterocycles. The zero-order chi connectivity index (χ0) is 12.8. The van der Waals surface area contributed by atoms with Gasteiger partial charge in [0.15, 0.2) is 5.78 Å². The van der Waals surface area contributed by atoms with E-state index < -0.39 is 0 Å². The van der Waals surface area contributed by atoms with Crippen LogP contribution in [0.1, 0.15) is 29.9 Å². The second-order valence-electron chi connectivity index (χ2n) is 3.85. The van der Waals surface area contributed by atoms with Gasteiger partial charge in [0.25, 0.3) is 0 Å². The molecule has 1 N–H and O–H groups in total. The fraction of sp³-hybridized carbons (Fsp3) is 0.583. The number of rotatable bonds is 7. The third kappa shape index (κ3) is 4.07. The van der Waals surface area contributed by atoms with Crippen LogP contribution in [0.4, 0.5) is 0 Å². The van der Waals surface area contributed by atoms with E-state index in [4.69, 9.17) is 16.7 Å². The summed E-state index contributed by atoms with van der Waals surface area (Å²) in [5.41, 5.74) is 0. The van der Waals surface area contributed by atoms with E-state index in [1.807, 2.05) is 13.8 Å². The maximum Gasteiger partial charge on any atom is 0.189 e. The van der Waals surface area contributed by atoms with E-state index >= 15 is 0 Å². The van der Waals surface area contributed by atoms with Crippen molar-refractivity contribution in [2.75, 3.05) is 19.7 Å². The first-order chi connectivity index (χ1) is 8.10. The molecule has 1 heterocycles. The molecule has 1 atom stereocenters. The molecular weight excluding hydrogens is 258 g/mol. The Balaban J connectivity index is 2.66. The minimum Gasteiger partial charge on any atom is -0.396 e. The Bertz CT molecular complexity index is 367. The summed E-state index contributed by atoms with van der Waals surface area (Å²) in [5, 5.41) is 8.82. The fourth-order valence-electron chi connectivity index (χ4n) is 1.72. The van der Waals surface area contributed by atoms with Crippen molar-refractivity contribution in [3.63, 3.8) is 0 Å². The maximum absolute atomic E-state index is 12.2. The highest BCUT2D eigenvalue weighted by Gasteiger charge is 2.22. The van der Waals surface area contributed by atoms with Gasteiger partial charge in [-0.15, -0.1) is 11.3 Å². The summed E-state index contributed by atoms with van der Waals surface area (Å²) in [6.07, 6.45) is 0.691. The Kier molecular flexibility index (Phi) is 6.12. The Morgan fingerprint density at radius 2 is 2.29 bits per heavy atom. The van der Waals surface area contributed by atoms with Gasteiger partial charge in [-0.2, -0.15) is 0 Å². The molecule has 1 unspecified atom stereocenters. The molecule has 0 aromatic carbocycles. The van der Waals surface area contributed by atoms with Crippen molar-refractivity contribution in [2.45, 2.75) is 26.3 Å². The number of carbonyl (C=O) groups is 1. The topological polar surface area (TPSA) is 40.5 Å². The summed E-state index contributed by atoms with van der Waals surface area (Å²) in [4.78, 5) is 14.9. The number of hydrogen-bond acceptors (Lipinski definition) is 4. The second-order valence-corrected chi connectivity index (χ2v) is 5.56. The zero-order valence-corrected chi connectivity index (χ0v) is 11.7. The van der Waals surface area contributed by atoms with Gasteiger partial charge in [-0.05, 0) is 32.0 Å². The van der Waals surface area contributed by atoms with Crippen molar-refractivity contribution in [3.8, 4) is 0 Å². The van der Waals surface area contributed by atoms with Crippen LogP contribution in [-0.2, 0) is 0 Å². The number of aliphatic hydroxyl groups is 1. The van der Waals surface area contributed by atoms with Crippen molar-refractivity contribution in [1.29, 1.82) is 0 Å². The highest BCUT2D eigenvalue weighted by atomic mass is 35.5. The van der Waals surface area contributed by atoms with E-state index in [9.17, 15) is 4.79 Å². The third-order valence-electron chi connectivity index (χ3n) is 2.75. The van der Waals surface area contributed by atoms with Crippen LogP contribution in [-0.4, -0.2) is 41.5 Å². The van der Waals surface area contributed by atoms with Crippen LogP contribution < -0.4 is 0 Å². The largest absolute Gasteiger partial charge is 0.396 e. The summed E-state index contributed by atoms with van der Waals surface area (Å²) >= 11 is 7.14. The third-order valence-corrected chi connectivity index (χ3v) is 4.00. The van der Waals surface area contributed by atoms with E-state index in [1.165, 1.54) is 11.3 Å². The fourth-order valence-corrected chi connectivity index (χ4v) is 2.78. The average molecular weight is 276 g/mol. The first kappa shape index (κ1) is 14.6. The van der Waals surface area contributed by atoms with Gasteiger partial charge in [-0.3, -0.25) is 9.69 Å². The Labute approximate surface area is 111 Å². The first-order valence-electron chi connectivity index (χ1n) is 5.74. The number of halogens is 1. The highest BCUT2D eigenvalue weighted by molar-refractivity contribution is 7.18. The van der Waals surface area contributed by atoms with Gasteiger partial charge in [0.2, 0.25) is 0 Å². The molecule has 0 aliphatic rings. The predicted molar refractivity (Wildman–Crippen MR) is 72.1 cm³/mol. The molecule has 0 saturated heterocycles. The van der Waals surface area contributed by atoms with E-state index in [1.54, 1.807) is 12.1 Å². The molecule has 0 spiro atoms. The van der Waals surface area contributed by atoms with Crippen molar-refractivity contribution >= 4 is 28.7 Å². The molecule has 17 heavy (non-hydrogen) atoms. The lowest BCUT2D eigenvalue weighted by Crippen LogP contribution is -2.39. The van der Waals surface area contributed by atoms with Crippen LogP contribution in [0, 0.1) is 0 Å². The number of likely N-dealkylation sites (N-methyl/N-ethyl adjacent to an activating group) is 1. The number of aliphatic hydroxyl groups excluding tert-OH is 1. The Morgan fingerprint density at radius 1 is 1.59 bits per heavy atom. The van der Waals surface area contributed by atoms with Gasteiger partial charge in [-0.25, -0.2) is 0 Å². The first-order valence-corrected chi connectivity index (χ1v) is 6.94.